The Kier molecular flexibility index (Phi) is 7.83. The van der Waals surface area contributed by atoms with Crippen LogP contribution in [0.1, 0.15) is 49.9 Å². The molecule has 3 heterocycles. The Hall–Kier alpha value is -3.73. The SMILES string of the molecule is CNc1nc([C@H](C)NC(=O)c2cc(C(F)(F)F)cc(C(F)(F)F)c2)n(-c2ncc(C(=O)N3CCOCC3)s2)n1. The first kappa shape index (κ1) is 28.3. The van der Waals surface area contributed by atoms with Crippen LogP contribution in [0.25, 0.3) is 5.13 Å². The summed E-state index contributed by atoms with van der Waals surface area (Å²) in [5.74, 6) is -1.29. The molecule has 1 fully saturated rings. The summed E-state index contributed by atoms with van der Waals surface area (Å²) in [6, 6.07) is -0.427. The molecule has 0 spiro atoms. The van der Waals surface area contributed by atoms with Gasteiger partial charge in [-0.3, -0.25) is 9.59 Å². The Morgan fingerprint density at radius 3 is 2.23 bits per heavy atom. The standard InChI is InChI=1S/C22H21F6N7O3S/c1-11(31-17(36)12-7-13(21(23,24)25)9-14(8-12)22(26,27)28)16-32-19(29-2)33-35(16)20-30-10-15(39-20)18(37)34-3-5-38-6-4-34/h7-11H,3-6H2,1-2H3,(H,29,33)(H,31,36)/t11-/m0/s1. The summed E-state index contributed by atoms with van der Waals surface area (Å²) in [7, 11) is 1.52. The molecule has 39 heavy (non-hydrogen) atoms. The third kappa shape index (κ3) is 6.30. The van der Waals surface area contributed by atoms with E-state index in [2.05, 4.69) is 25.7 Å². The highest BCUT2D eigenvalue weighted by molar-refractivity contribution is 7.16. The zero-order chi connectivity index (χ0) is 28.5. The number of nitrogens with one attached hydrogen (secondary N) is 2. The quantitative estimate of drug-likeness (QED) is 0.429. The van der Waals surface area contributed by atoms with E-state index in [1.54, 1.807) is 4.90 Å². The topological polar surface area (TPSA) is 114 Å². The number of benzene rings is 1. The number of rotatable bonds is 6. The van der Waals surface area contributed by atoms with Crippen LogP contribution in [0.4, 0.5) is 32.3 Å². The molecule has 0 saturated carbocycles. The fourth-order valence-corrected chi connectivity index (χ4v) is 4.51. The number of ether oxygens (including phenoxy) is 1. The van der Waals surface area contributed by atoms with Gasteiger partial charge in [0.25, 0.3) is 11.8 Å². The van der Waals surface area contributed by atoms with E-state index in [1.165, 1.54) is 24.9 Å². The van der Waals surface area contributed by atoms with Crippen molar-refractivity contribution in [3.05, 3.63) is 51.8 Å². The summed E-state index contributed by atoms with van der Waals surface area (Å²) in [6.45, 7) is 3.06. The van der Waals surface area contributed by atoms with Gasteiger partial charge in [-0.25, -0.2) is 4.98 Å². The number of nitrogens with zero attached hydrogens (tertiary/aromatic N) is 5. The lowest BCUT2D eigenvalue weighted by molar-refractivity contribution is -0.143. The predicted molar refractivity (Wildman–Crippen MR) is 126 cm³/mol. The molecule has 3 aromatic rings. The van der Waals surface area contributed by atoms with Crippen molar-refractivity contribution >= 4 is 29.1 Å². The van der Waals surface area contributed by atoms with E-state index in [4.69, 9.17) is 4.74 Å². The number of anilines is 1. The number of halogens is 6. The first-order chi connectivity index (χ1) is 18.3. The van der Waals surface area contributed by atoms with Crippen LogP contribution in [0.15, 0.2) is 24.4 Å². The van der Waals surface area contributed by atoms with Gasteiger partial charge in [-0.2, -0.15) is 36.0 Å². The predicted octanol–water partition coefficient (Wildman–Crippen LogP) is 3.77. The minimum absolute atomic E-state index is 0.0612. The fraction of sp³-hybridized carbons (Fsp3) is 0.409. The van der Waals surface area contributed by atoms with Crippen molar-refractivity contribution in [3.8, 4) is 5.13 Å². The van der Waals surface area contributed by atoms with Crippen molar-refractivity contribution in [3.63, 3.8) is 0 Å². The molecular weight excluding hydrogens is 556 g/mol. The first-order valence-electron chi connectivity index (χ1n) is 11.4. The van der Waals surface area contributed by atoms with Crippen molar-refractivity contribution < 1.29 is 40.7 Å². The molecule has 2 aromatic heterocycles. The van der Waals surface area contributed by atoms with E-state index >= 15 is 0 Å². The maximum atomic E-state index is 13.2. The third-order valence-electron chi connectivity index (χ3n) is 5.62. The Morgan fingerprint density at radius 1 is 1.05 bits per heavy atom. The zero-order valence-electron chi connectivity index (χ0n) is 20.4. The van der Waals surface area contributed by atoms with Gasteiger partial charge in [-0.1, -0.05) is 11.3 Å². The molecule has 1 aromatic carbocycles. The lowest BCUT2D eigenvalue weighted by Crippen LogP contribution is -2.40. The van der Waals surface area contributed by atoms with Crippen LogP contribution >= 0.6 is 11.3 Å². The second-order valence-corrected chi connectivity index (χ2v) is 9.37. The summed E-state index contributed by atoms with van der Waals surface area (Å²) >= 11 is 0.995. The van der Waals surface area contributed by atoms with Crippen molar-refractivity contribution in [1.82, 2.24) is 30.0 Å². The van der Waals surface area contributed by atoms with Crippen LogP contribution in [-0.4, -0.2) is 69.8 Å². The number of carbonyl (C=O) groups is 2. The highest BCUT2D eigenvalue weighted by atomic mass is 32.1. The molecule has 1 aliphatic rings. The number of hydrogen-bond donors (Lipinski definition) is 2. The lowest BCUT2D eigenvalue weighted by Gasteiger charge is -2.26. The fourth-order valence-electron chi connectivity index (χ4n) is 3.67. The summed E-state index contributed by atoms with van der Waals surface area (Å²) < 4.78 is 85.8. The molecule has 0 aliphatic carbocycles. The first-order valence-corrected chi connectivity index (χ1v) is 12.2. The molecule has 210 valence electrons. The minimum atomic E-state index is -5.11. The summed E-state index contributed by atoms with van der Waals surface area (Å²) in [4.78, 5) is 35.9. The minimum Gasteiger partial charge on any atom is -0.378 e. The van der Waals surface area contributed by atoms with Crippen LogP contribution in [-0.2, 0) is 17.1 Å². The molecule has 0 unspecified atom stereocenters. The normalized spacial score (nSPS) is 15.2. The molecule has 1 atom stereocenters. The van der Waals surface area contributed by atoms with Gasteiger partial charge in [0, 0.05) is 25.7 Å². The van der Waals surface area contributed by atoms with E-state index in [1.807, 2.05) is 0 Å². The average Bonchev–Trinajstić information content (AvgIpc) is 3.55. The maximum absolute atomic E-state index is 13.2. The van der Waals surface area contributed by atoms with Crippen LogP contribution in [0.3, 0.4) is 0 Å². The number of amides is 2. The molecule has 10 nitrogen and oxygen atoms in total. The van der Waals surface area contributed by atoms with Crippen LogP contribution in [0.5, 0.6) is 0 Å². The second-order valence-electron chi connectivity index (χ2n) is 8.36. The largest absolute Gasteiger partial charge is 0.416 e. The lowest BCUT2D eigenvalue weighted by atomic mass is 10.0. The highest BCUT2D eigenvalue weighted by Crippen LogP contribution is 2.36. The van der Waals surface area contributed by atoms with Gasteiger partial charge < -0.3 is 20.3 Å². The van der Waals surface area contributed by atoms with Gasteiger partial charge in [0.2, 0.25) is 11.1 Å². The number of carbonyl (C=O) groups excluding carboxylic acids is 2. The second kappa shape index (κ2) is 10.8. The molecule has 17 heteroatoms. The number of aromatic nitrogens is 4. The van der Waals surface area contributed by atoms with Crippen LogP contribution in [0.2, 0.25) is 0 Å². The van der Waals surface area contributed by atoms with Gasteiger partial charge in [0.1, 0.15) is 4.88 Å². The smallest absolute Gasteiger partial charge is 0.378 e. The number of morpholine rings is 1. The number of alkyl halides is 6. The Labute approximate surface area is 221 Å². The maximum Gasteiger partial charge on any atom is 0.416 e. The number of thiazole rings is 1. The van der Waals surface area contributed by atoms with Crippen molar-refractivity contribution in [2.24, 2.45) is 0 Å². The van der Waals surface area contributed by atoms with Gasteiger partial charge >= 0.3 is 12.4 Å². The van der Waals surface area contributed by atoms with Gasteiger partial charge in [0.15, 0.2) is 5.82 Å². The molecule has 4 rings (SSSR count). The summed E-state index contributed by atoms with van der Waals surface area (Å²) in [5, 5.41) is 9.50. The summed E-state index contributed by atoms with van der Waals surface area (Å²) in [5.41, 5.74) is -4.07. The van der Waals surface area contributed by atoms with Gasteiger partial charge in [-0.05, 0) is 25.1 Å². The molecule has 1 saturated heterocycles. The van der Waals surface area contributed by atoms with Crippen molar-refractivity contribution in [2.75, 3.05) is 38.7 Å². The molecule has 2 amide bonds. The van der Waals surface area contributed by atoms with E-state index in [-0.39, 0.29) is 28.9 Å². The van der Waals surface area contributed by atoms with Crippen LogP contribution in [0, 0.1) is 0 Å². The van der Waals surface area contributed by atoms with E-state index in [0.717, 1.165) is 11.3 Å². The summed E-state index contributed by atoms with van der Waals surface area (Å²) in [6.07, 6.45) is -8.86. The number of hydrogen-bond acceptors (Lipinski definition) is 8. The van der Waals surface area contributed by atoms with E-state index < -0.39 is 41.0 Å². The zero-order valence-corrected chi connectivity index (χ0v) is 21.2. The van der Waals surface area contributed by atoms with Crippen molar-refractivity contribution in [2.45, 2.75) is 25.3 Å². The Morgan fingerprint density at radius 2 is 1.67 bits per heavy atom. The van der Waals surface area contributed by atoms with Crippen molar-refractivity contribution in [1.29, 1.82) is 0 Å². The Bertz CT molecular complexity index is 1330. The monoisotopic (exact) mass is 577 g/mol. The molecular formula is C22H21F6N7O3S. The molecule has 0 bridgehead atoms. The molecule has 1 aliphatic heterocycles. The Balaban J connectivity index is 1.61. The molecule has 2 N–H and O–H groups in total. The van der Waals surface area contributed by atoms with E-state index in [0.29, 0.717) is 43.3 Å². The van der Waals surface area contributed by atoms with Gasteiger partial charge in [-0.15, -0.1) is 5.10 Å². The van der Waals surface area contributed by atoms with Crippen LogP contribution < -0.4 is 10.6 Å². The average molecular weight is 578 g/mol. The molecule has 0 radical (unpaired) electrons. The third-order valence-corrected chi connectivity index (χ3v) is 6.59. The van der Waals surface area contributed by atoms with E-state index in [9.17, 15) is 35.9 Å². The highest BCUT2D eigenvalue weighted by Gasteiger charge is 2.37. The van der Waals surface area contributed by atoms with Gasteiger partial charge in [0.05, 0.1) is 36.6 Å².